The fraction of sp³-hybridized carbons (Fsp3) is 0.292. The van der Waals surface area contributed by atoms with E-state index in [1.165, 1.54) is 29.3 Å². The summed E-state index contributed by atoms with van der Waals surface area (Å²) in [6, 6.07) is 11.6. The summed E-state index contributed by atoms with van der Waals surface area (Å²) in [5.41, 5.74) is 2.28. The first-order valence-electron chi connectivity index (χ1n) is 10.1. The number of allylic oxidation sites excluding steroid dienone is 2. The van der Waals surface area contributed by atoms with Crippen LogP contribution < -0.4 is 9.47 Å². The first kappa shape index (κ1) is 20.7. The number of hydrogen-bond donors (Lipinski definition) is 1. The number of rotatable bonds is 5. The van der Waals surface area contributed by atoms with Crippen LogP contribution >= 0.6 is 0 Å². The number of methoxy groups -OCH3 is 2. The molecular formula is C24H24N2O5. The van der Waals surface area contributed by atoms with Gasteiger partial charge >= 0.3 is 5.97 Å². The Morgan fingerprint density at radius 3 is 2.32 bits per heavy atom. The third-order valence-electron chi connectivity index (χ3n) is 5.84. The zero-order valence-electron chi connectivity index (χ0n) is 17.4. The van der Waals surface area contributed by atoms with E-state index < -0.39 is 5.97 Å². The highest BCUT2D eigenvalue weighted by atomic mass is 16.5. The molecule has 7 nitrogen and oxygen atoms in total. The van der Waals surface area contributed by atoms with E-state index >= 15 is 0 Å². The highest BCUT2D eigenvalue weighted by Gasteiger charge is 2.36. The maximum Gasteiger partial charge on any atom is 0.335 e. The Kier molecular flexibility index (Phi) is 5.75. The number of carbonyl (C=O) groups excluding carboxylic acids is 1. The highest BCUT2D eigenvalue weighted by Crippen LogP contribution is 2.36. The Morgan fingerprint density at radius 1 is 0.968 bits per heavy atom. The average Bonchev–Trinajstić information content (AvgIpc) is 2.82. The molecule has 4 rings (SSSR count). The number of fused-ring (bicyclic) bond motifs is 1. The molecule has 2 unspecified atom stereocenters. The van der Waals surface area contributed by atoms with E-state index in [1.807, 2.05) is 18.2 Å². The molecule has 2 aromatic rings. The molecule has 0 saturated carbocycles. The maximum atomic E-state index is 13.2. The van der Waals surface area contributed by atoms with Crippen LogP contribution in [-0.4, -0.2) is 48.5 Å². The number of carboxylic acid groups (broad SMARTS) is 1. The van der Waals surface area contributed by atoms with Gasteiger partial charge in [0.15, 0.2) is 11.5 Å². The number of hydrazone groups is 1. The lowest BCUT2D eigenvalue weighted by Gasteiger charge is -2.37. The normalized spacial score (nSPS) is 19.9. The molecule has 2 aromatic carbocycles. The van der Waals surface area contributed by atoms with Crippen LogP contribution in [0.15, 0.2) is 59.7 Å². The van der Waals surface area contributed by atoms with Gasteiger partial charge in [-0.3, -0.25) is 4.79 Å². The van der Waals surface area contributed by atoms with Crippen molar-refractivity contribution in [2.75, 3.05) is 20.8 Å². The van der Waals surface area contributed by atoms with Gasteiger partial charge in [-0.05, 0) is 61.2 Å². The van der Waals surface area contributed by atoms with Crippen LogP contribution in [0, 0.1) is 11.8 Å². The molecule has 1 amide bonds. The Bertz CT molecular complexity index is 1060. The lowest BCUT2D eigenvalue weighted by Crippen LogP contribution is -2.43. The lowest BCUT2D eigenvalue weighted by atomic mass is 9.77. The summed E-state index contributed by atoms with van der Waals surface area (Å²) in [6.45, 7) is 0.519. The molecule has 0 saturated heterocycles. The van der Waals surface area contributed by atoms with Crippen LogP contribution in [0.2, 0.25) is 0 Å². The molecule has 1 aliphatic heterocycles. The van der Waals surface area contributed by atoms with Gasteiger partial charge in [0, 0.05) is 23.6 Å². The number of benzene rings is 2. The van der Waals surface area contributed by atoms with Crippen molar-refractivity contribution in [3.05, 3.63) is 71.3 Å². The quantitative estimate of drug-likeness (QED) is 0.743. The van der Waals surface area contributed by atoms with Crippen LogP contribution in [0.1, 0.15) is 39.1 Å². The van der Waals surface area contributed by atoms with Gasteiger partial charge in [0.2, 0.25) is 0 Å². The maximum absolute atomic E-state index is 13.2. The second-order valence-corrected chi connectivity index (χ2v) is 7.63. The van der Waals surface area contributed by atoms with Gasteiger partial charge in [-0.25, -0.2) is 9.80 Å². The first-order chi connectivity index (χ1) is 15.0. The third kappa shape index (κ3) is 4.03. The Hall–Kier alpha value is -3.61. The van der Waals surface area contributed by atoms with Crippen LogP contribution in [0.4, 0.5) is 0 Å². The molecule has 0 bridgehead atoms. The van der Waals surface area contributed by atoms with Crippen LogP contribution in [0.3, 0.4) is 0 Å². The zero-order chi connectivity index (χ0) is 22.0. The van der Waals surface area contributed by atoms with Crippen molar-refractivity contribution in [1.82, 2.24) is 5.01 Å². The van der Waals surface area contributed by atoms with E-state index in [1.54, 1.807) is 14.2 Å². The summed E-state index contributed by atoms with van der Waals surface area (Å²) in [5, 5.41) is 15.3. The molecule has 2 aliphatic rings. The minimum absolute atomic E-state index is 0.141. The average molecular weight is 420 g/mol. The van der Waals surface area contributed by atoms with Crippen LogP contribution in [0.25, 0.3) is 0 Å². The van der Waals surface area contributed by atoms with Crippen molar-refractivity contribution in [3.63, 3.8) is 0 Å². The van der Waals surface area contributed by atoms with Gasteiger partial charge in [-0.2, -0.15) is 5.10 Å². The van der Waals surface area contributed by atoms with Gasteiger partial charge in [0.05, 0.1) is 25.5 Å². The first-order valence-corrected chi connectivity index (χ1v) is 10.1. The van der Waals surface area contributed by atoms with E-state index in [0.29, 0.717) is 23.6 Å². The minimum Gasteiger partial charge on any atom is -0.493 e. The molecule has 0 fully saturated rings. The monoisotopic (exact) mass is 420 g/mol. The van der Waals surface area contributed by atoms with Gasteiger partial charge in [-0.1, -0.05) is 12.2 Å². The second-order valence-electron chi connectivity index (χ2n) is 7.63. The summed E-state index contributed by atoms with van der Waals surface area (Å²) in [6.07, 6.45) is 6.06. The van der Waals surface area contributed by atoms with Gasteiger partial charge in [0.25, 0.3) is 5.91 Å². The van der Waals surface area contributed by atoms with Crippen molar-refractivity contribution in [3.8, 4) is 11.5 Å². The smallest absolute Gasteiger partial charge is 0.335 e. The minimum atomic E-state index is -1.03. The van der Waals surface area contributed by atoms with Crippen molar-refractivity contribution in [1.29, 1.82) is 0 Å². The number of aromatic carboxylic acids is 1. The third-order valence-corrected chi connectivity index (χ3v) is 5.84. The van der Waals surface area contributed by atoms with E-state index in [0.717, 1.165) is 24.1 Å². The van der Waals surface area contributed by atoms with Crippen molar-refractivity contribution in [2.24, 2.45) is 16.9 Å². The lowest BCUT2D eigenvalue weighted by molar-refractivity contribution is 0.0684. The molecule has 0 spiro atoms. The molecule has 7 heteroatoms. The molecule has 160 valence electrons. The van der Waals surface area contributed by atoms with E-state index in [9.17, 15) is 9.59 Å². The Labute approximate surface area is 180 Å². The number of carbonyl (C=O) groups is 2. The number of hydrogen-bond acceptors (Lipinski definition) is 5. The summed E-state index contributed by atoms with van der Waals surface area (Å²) in [4.78, 5) is 24.3. The fourth-order valence-electron chi connectivity index (χ4n) is 4.17. The Morgan fingerprint density at radius 2 is 1.65 bits per heavy atom. The summed E-state index contributed by atoms with van der Waals surface area (Å²) < 4.78 is 10.8. The fourth-order valence-corrected chi connectivity index (χ4v) is 4.17. The molecule has 1 aliphatic carbocycles. The number of amides is 1. The Balaban J connectivity index is 1.71. The number of carboxylic acids is 1. The van der Waals surface area contributed by atoms with Gasteiger partial charge < -0.3 is 14.6 Å². The predicted molar refractivity (Wildman–Crippen MR) is 116 cm³/mol. The SMILES string of the molecule is COc1ccc(C2=NN(C(=O)c3ccc(C(=O)O)cc3)CC3CC=CCC23)cc1OC. The predicted octanol–water partition coefficient (Wildman–Crippen LogP) is 3.84. The largest absolute Gasteiger partial charge is 0.493 e. The van der Waals surface area contributed by atoms with Gasteiger partial charge in [0.1, 0.15) is 0 Å². The van der Waals surface area contributed by atoms with E-state index in [4.69, 9.17) is 19.7 Å². The van der Waals surface area contributed by atoms with Crippen molar-refractivity contribution in [2.45, 2.75) is 12.8 Å². The molecule has 2 atom stereocenters. The second kappa shape index (κ2) is 8.63. The summed E-state index contributed by atoms with van der Waals surface area (Å²) in [5.74, 6) is 0.437. The molecular weight excluding hydrogens is 396 g/mol. The summed E-state index contributed by atoms with van der Waals surface area (Å²) in [7, 11) is 3.18. The molecule has 0 radical (unpaired) electrons. The number of ether oxygens (including phenoxy) is 2. The van der Waals surface area contributed by atoms with Crippen LogP contribution in [0.5, 0.6) is 11.5 Å². The molecule has 0 aromatic heterocycles. The number of nitrogens with zero attached hydrogens (tertiary/aromatic N) is 2. The van der Waals surface area contributed by atoms with Gasteiger partial charge in [-0.15, -0.1) is 0 Å². The summed E-state index contributed by atoms with van der Waals surface area (Å²) >= 11 is 0. The van der Waals surface area contributed by atoms with E-state index in [-0.39, 0.29) is 23.3 Å². The molecule has 1 N–H and O–H groups in total. The highest BCUT2D eigenvalue weighted by molar-refractivity contribution is 6.05. The van der Waals surface area contributed by atoms with E-state index in [2.05, 4.69) is 12.2 Å². The molecule has 31 heavy (non-hydrogen) atoms. The zero-order valence-corrected chi connectivity index (χ0v) is 17.4. The van der Waals surface area contributed by atoms with Crippen molar-refractivity contribution < 1.29 is 24.2 Å². The standard InChI is InChI=1S/C24H24N2O5/c1-30-20-12-11-17(13-21(20)31-2)22-19-6-4-3-5-18(19)14-26(25-22)23(27)15-7-9-16(10-8-15)24(28)29/h3-4,7-13,18-19H,5-6,14H2,1-2H3,(H,28,29). The topological polar surface area (TPSA) is 88.4 Å². The molecule has 1 heterocycles. The van der Waals surface area contributed by atoms with Crippen LogP contribution in [-0.2, 0) is 0 Å². The van der Waals surface area contributed by atoms with Crippen molar-refractivity contribution >= 4 is 17.6 Å².